The van der Waals surface area contributed by atoms with E-state index in [9.17, 15) is 19.2 Å². The molecule has 0 aromatic heterocycles. The van der Waals surface area contributed by atoms with E-state index < -0.39 is 17.1 Å². The molecule has 1 atom stereocenters. The molecular formula is C34H32N4O5S. The Morgan fingerprint density at radius 1 is 0.750 bits per heavy atom. The van der Waals surface area contributed by atoms with Crippen LogP contribution in [0.15, 0.2) is 114 Å². The minimum absolute atomic E-state index is 0.0439. The van der Waals surface area contributed by atoms with Crippen molar-refractivity contribution in [3.8, 4) is 5.75 Å². The summed E-state index contributed by atoms with van der Waals surface area (Å²) in [6.45, 7) is 3.21. The molecule has 10 heteroatoms. The average Bonchev–Trinajstić information content (AvgIpc) is 3.02. The molecule has 44 heavy (non-hydrogen) atoms. The molecule has 0 spiro atoms. The third-order valence-electron chi connectivity index (χ3n) is 6.18. The maximum absolute atomic E-state index is 13.4. The molecule has 0 bridgehead atoms. The number of anilines is 3. The molecule has 0 aliphatic heterocycles. The Labute approximate surface area is 260 Å². The van der Waals surface area contributed by atoms with Crippen molar-refractivity contribution in [1.29, 1.82) is 0 Å². The zero-order valence-corrected chi connectivity index (χ0v) is 25.2. The van der Waals surface area contributed by atoms with E-state index in [-0.39, 0.29) is 17.5 Å². The maximum Gasteiger partial charge on any atom is 0.272 e. The van der Waals surface area contributed by atoms with E-state index in [0.29, 0.717) is 33.9 Å². The number of carbonyl (C=O) groups excluding carboxylic acids is 4. The molecule has 0 radical (unpaired) electrons. The number of hydrogen-bond acceptors (Lipinski definition) is 6. The Bertz CT molecular complexity index is 1670. The molecule has 4 aromatic carbocycles. The van der Waals surface area contributed by atoms with Crippen LogP contribution in [0.1, 0.15) is 29.8 Å². The first-order valence-corrected chi connectivity index (χ1v) is 14.6. The SMILES string of the molecule is COc1cccc(/C=C(\NC(=O)c2ccccc2)C(=O)Nc2cccc(SC(C)C(=O)Nc3ccc(NC(C)=O)cc3)c2)c1. The van der Waals surface area contributed by atoms with Crippen molar-refractivity contribution in [2.24, 2.45) is 0 Å². The van der Waals surface area contributed by atoms with Crippen LogP contribution in [0.5, 0.6) is 5.75 Å². The van der Waals surface area contributed by atoms with Crippen molar-refractivity contribution in [3.63, 3.8) is 0 Å². The summed E-state index contributed by atoms with van der Waals surface area (Å²) in [7, 11) is 1.55. The van der Waals surface area contributed by atoms with Crippen molar-refractivity contribution >= 4 is 58.5 Å². The molecule has 1 unspecified atom stereocenters. The van der Waals surface area contributed by atoms with E-state index in [1.54, 1.807) is 117 Å². The molecule has 0 aliphatic rings. The van der Waals surface area contributed by atoms with Gasteiger partial charge in [0.15, 0.2) is 0 Å². The molecule has 0 aliphatic carbocycles. The quantitative estimate of drug-likeness (QED) is 0.119. The largest absolute Gasteiger partial charge is 0.497 e. The van der Waals surface area contributed by atoms with Crippen LogP contribution in [-0.2, 0) is 14.4 Å². The van der Waals surface area contributed by atoms with E-state index in [1.807, 2.05) is 6.07 Å². The maximum atomic E-state index is 13.4. The topological polar surface area (TPSA) is 126 Å². The molecule has 0 fully saturated rings. The van der Waals surface area contributed by atoms with Gasteiger partial charge >= 0.3 is 0 Å². The number of nitrogens with one attached hydrogen (secondary N) is 4. The summed E-state index contributed by atoms with van der Waals surface area (Å²) in [5, 5.41) is 10.7. The lowest BCUT2D eigenvalue weighted by Crippen LogP contribution is -2.30. The molecule has 4 aromatic rings. The highest BCUT2D eigenvalue weighted by atomic mass is 32.2. The van der Waals surface area contributed by atoms with Crippen LogP contribution < -0.4 is 26.0 Å². The van der Waals surface area contributed by atoms with Gasteiger partial charge in [-0.05, 0) is 85.3 Å². The van der Waals surface area contributed by atoms with Crippen LogP contribution in [0.3, 0.4) is 0 Å². The summed E-state index contributed by atoms with van der Waals surface area (Å²) in [6, 6.07) is 29.7. The number of benzene rings is 4. The van der Waals surface area contributed by atoms with E-state index in [2.05, 4.69) is 21.3 Å². The van der Waals surface area contributed by atoms with Crippen molar-refractivity contribution in [1.82, 2.24) is 5.32 Å². The number of ether oxygens (including phenoxy) is 1. The Morgan fingerprint density at radius 3 is 2.11 bits per heavy atom. The number of hydrogen-bond donors (Lipinski definition) is 4. The molecule has 4 amide bonds. The van der Waals surface area contributed by atoms with Gasteiger partial charge in [-0.25, -0.2) is 0 Å². The number of thioether (sulfide) groups is 1. The fraction of sp³-hybridized carbons (Fsp3) is 0.118. The molecular weight excluding hydrogens is 576 g/mol. The van der Waals surface area contributed by atoms with Gasteiger partial charge in [0.2, 0.25) is 11.8 Å². The van der Waals surface area contributed by atoms with Gasteiger partial charge in [0.05, 0.1) is 12.4 Å². The summed E-state index contributed by atoms with van der Waals surface area (Å²) >= 11 is 1.33. The highest BCUT2D eigenvalue weighted by Gasteiger charge is 2.17. The van der Waals surface area contributed by atoms with Gasteiger partial charge in [-0.1, -0.05) is 36.4 Å². The molecule has 0 saturated carbocycles. The number of rotatable bonds is 11. The van der Waals surface area contributed by atoms with Crippen LogP contribution in [0.25, 0.3) is 6.08 Å². The van der Waals surface area contributed by atoms with Gasteiger partial charge in [0.1, 0.15) is 11.4 Å². The van der Waals surface area contributed by atoms with Crippen LogP contribution in [0.2, 0.25) is 0 Å². The van der Waals surface area contributed by atoms with Crippen LogP contribution >= 0.6 is 11.8 Å². The van der Waals surface area contributed by atoms with Gasteiger partial charge in [0, 0.05) is 34.4 Å². The molecule has 0 heterocycles. The second-order valence-electron chi connectivity index (χ2n) is 9.64. The summed E-state index contributed by atoms with van der Waals surface area (Å²) in [4.78, 5) is 51.2. The third kappa shape index (κ3) is 9.33. The Morgan fingerprint density at radius 2 is 1.43 bits per heavy atom. The van der Waals surface area contributed by atoms with E-state index >= 15 is 0 Å². The lowest BCUT2D eigenvalue weighted by Gasteiger charge is -2.14. The summed E-state index contributed by atoms with van der Waals surface area (Å²) in [6.07, 6.45) is 1.58. The first-order chi connectivity index (χ1) is 21.2. The Kier molecular flexibility index (Phi) is 10.9. The Hall–Kier alpha value is -5.35. The monoisotopic (exact) mass is 608 g/mol. The Balaban J connectivity index is 1.45. The fourth-order valence-corrected chi connectivity index (χ4v) is 4.95. The average molecular weight is 609 g/mol. The first-order valence-electron chi connectivity index (χ1n) is 13.7. The van der Waals surface area contributed by atoms with E-state index in [0.717, 1.165) is 4.90 Å². The number of methoxy groups -OCH3 is 1. The normalized spacial score (nSPS) is 11.6. The lowest BCUT2D eigenvalue weighted by atomic mass is 10.1. The van der Waals surface area contributed by atoms with Gasteiger partial charge in [-0.2, -0.15) is 0 Å². The summed E-state index contributed by atoms with van der Waals surface area (Å²) in [5.74, 6) is -0.718. The van der Waals surface area contributed by atoms with Gasteiger partial charge in [0.25, 0.3) is 11.8 Å². The number of amides is 4. The summed E-state index contributed by atoms with van der Waals surface area (Å²) in [5.41, 5.74) is 2.85. The first kappa shape index (κ1) is 31.6. The third-order valence-corrected chi connectivity index (χ3v) is 7.27. The van der Waals surface area contributed by atoms with Crippen LogP contribution in [0, 0.1) is 0 Å². The lowest BCUT2D eigenvalue weighted by molar-refractivity contribution is -0.115. The molecule has 4 N–H and O–H groups in total. The zero-order chi connectivity index (χ0) is 31.5. The van der Waals surface area contributed by atoms with Crippen molar-refractivity contribution < 1.29 is 23.9 Å². The van der Waals surface area contributed by atoms with E-state index in [1.165, 1.54) is 18.7 Å². The minimum atomic E-state index is -0.521. The predicted molar refractivity (Wildman–Crippen MR) is 175 cm³/mol. The van der Waals surface area contributed by atoms with Gasteiger partial charge < -0.3 is 26.0 Å². The molecule has 9 nitrogen and oxygen atoms in total. The second-order valence-corrected chi connectivity index (χ2v) is 11.1. The molecule has 224 valence electrons. The highest BCUT2D eigenvalue weighted by Crippen LogP contribution is 2.27. The zero-order valence-electron chi connectivity index (χ0n) is 24.4. The number of carbonyl (C=O) groups is 4. The predicted octanol–water partition coefficient (Wildman–Crippen LogP) is 6.18. The standard InChI is InChI=1S/C34H32N4O5S/c1-22(32(40)36-27-17-15-26(16-18-27)35-23(2)39)44-30-14-8-12-28(21-30)37-34(42)31(20-24-9-7-13-29(19-24)43-3)38-33(41)25-10-5-4-6-11-25/h4-22H,1-3H3,(H,35,39)(H,36,40)(H,37,42)(H,38,41)/b31-20-. The molecule has 4 rings (SSSR count). The van der Waals surface area contributed by atoms with Gasteiger partial charge in [-0.3, -0.25) is 19.2 Å². The molecule has 0 saturated heterocycles. The minimum Gasteiger partial charge on any atom is -0.497 e. The second kappa shape index (κ2) is 15.2. The summed E-state index contributed by atoms with van der Waals surface area (Å²) < 4.78 is 5.29. The van der Waals surface area contributed by atoms with Crippen molar-refractivity contribution in [2.45, 2.75) is 24.0 Å². The van der Waals surface area contributed by atoms with E-state index in [4.69, 9.17) is 4.74 Å². The smallest absolute Gasteiger partial charge is 0.272 e. The van der Waals surface area contributed by atoms with Gasteiger partial charge in [-0.15, -0.1) is 11.8 Å². The highest BCUT2D eigenvalue weighted by molar-refractivity contribution is 8.00. The van der Waals surface area contributed by atoms with Crippen LogP contribution in [-0.4, -0.2) is 36.0 Å². The fourth-order valence-electron chi connectivity index (χ4n) is 4.03. The van der Waals surface area contributed by atoms with Crippen LogP contribution in [0.4, 0.5) is 17.1 Å². The van der Waals surface area contributed by atoms with Crippen molar-refractivity contribution in [3.05, 3.63) is 120 Å². The van der Waals surface area contributed by atoms with Crippen molar-refractivity contribution in [2.75, 3.05) is 23.1 Å².